The molecule has 2 aromatic rings. The maximum absolute atomic E-state index is 14.6. The summed E-state index contributed by atoms with van der Waals surface area (Å²) < 4.78 is 18.0. The van der Waals surface area contributed by atoms with Gasteiger partial charge in [0, 0.05) is 80.7 Å². The number of benzene rings is 2. The second-order valence-electron chi connectivity index (χ2n) is 18.1. The molecule has 0 saturated carbocycles. The molecular weight excluding hydrogens is 811 g/mol. The van der Waals surface area contributed by atoms with Crippen LogP contribution in [0.2, 0.25) is 0 Å². The standard InChI is InChI=1S/C47H63N5O11/c1-9-18-48-33(55)23-34(56)62-32-15-10-11-21-61-46(8)44(59)37-35-36(41(57)29(7)43(37)63-46)42(58)40(39-38(35)50-47(51-39)16-19-52(20-17-47)24-25(2)3)49-45(60)27(5)14-12-13-26(4)30(53)22-31(54)28(32)6/h11-14,21,25-26,28,30-32,50,53-54,57-58H,9-10,15-20,22-24H2,1-8H3,(H,48,55)/b13-12+,21-11+,27-14-,49-40?/t26?,28-,30-,31?,32-,46+/m1/s1. The van der Waals surface area contributed by atoms with E-state index in [1.807, 2.05) is 6.92 Å². The van der Waals surface area contributed by atoms with E-state index < -0.39 is 77.3 Å². The number of piperidine rings is 1. The highest BCUT2D eigenvalue weighted by Crippen LogP contribution is 2.51. The Hall–Kier alpha value is -5.32. The van der Waals surface area contributed by atoms with Gasteiger partial charge in [-0.1, -0.05) is 52.8 Å². The Morgan fingerprint density at radius 1 is 1.06 bits per heavy atom. The molecule has 4 heterocycles. The number of amides is 2. The van der Waals surface area contributed by atoms with Gasteiger partial charge in [0.15, 0.2) is 5.75 Å². The fourth-order valence-corrected chi connectivity index (χ4v) is 8.64. The Morgan fingerprint density at radius 2 is 1.78 bits per heavy atom. The minimum Gasteiger partial charge on any atom is -0.507 e. The number of likely N-dealkylation sites (tertiary alicyclic amines) is 1. The molecule has 2 aromatic carbocycles. The normalized spacial score (nSPS) is 28.3. The average Bonchev–Trinajstić information content (AvgIpc) is 3.73. The van der Waals surface area contributed by atoms with Crippen LogP contribution < -0.4 is 26.1 Å². The van der Waals surface area contributed by atoms with Crippen molar-refractivity contribution in [3.8, 4) is 17.2 Å². The summed E-state index contributed by atoms with van der Waals surface area (Å²) in [4.78, 5) is 65.6. The number of anilines is 1. The molecule has 4 bridgehead atoms. The van der Waals surface area contributed by atoms with Gasteiger partial charge in [0.2, 0.25) is 5.91 Å². The van der Waals surface area contributed by atoms with E-state index in [1.54, 1.807) is 45.9 Å². The van der Waals surface area contributed by atoms with Gasteiger partial charge in [0.05, 0.1) is 35.1 Å². The van der Waals surface area contributed by atoms with Crippen LogP contribution in [0.3, 0.4) is 0 Å². The van der Waals surface area contributed by atoms with Crippen LogP contribution in [0.25, 0.3) is 10.8 Å². The quantitative estimate of drug-likeness (QED) is 0.128. The molecule has 6 rings (SSSR count). The van der Waals surface area contributed by atoms with Gasteiger partial charge in [-0.15, -0.1) is 0 Å². The molecule has 0 radical (unpaired) electrons. The number of rotatable bonds is 7. The number of fused-ring (bicyclic) bond motifs is 1. The lowest BCUT2D eigenvalue weighted by atomic mass is 9.88. The lowest BCUT2D eigenvalue weighted by molar-refractivity contribution is -0.156. The van der Waals surface area contributed by atoms with Gasteiger partial charge in [0.1, 0.15) is 40.4 Å². The fraction of sp³-hybridized carbons (Fsp3) is 0.574. The first-order chi connectivity index (χ1) is 29.8. The lowest BCUT2D eigenvalue weighted by Gasteiger charge is -2.38. The Kier molecular flexibility index (Phi) is 14.4. The number of carbonyl (C=O) groups excluding carboxylic acids is 4. The first-order valence-electron chi connectivity index (χ1n) is 22.1. The van der Waals surface area contributed by atoms with E-state index >= 15 is 0 Å². The summed E-state index contributed by atoms with van der Waals surface area (Å²) in [6.07, 6.45) is 6.44. The number of Topliss-reactive ketones (excluding diaryl/α,β-unsaturated/α-hetero) is 1. The number of allylic oxidation sites excluding steroid dienone is 3. The highest BCUT2D eigenvalue weighted by atomic mass is 16.7. The number of aliphatic hydroxyl groups is 2. The highest BCUT2D eigenvalue weighted by Gasteiger charge is 2.50. The van der Waals surface area contributed by atoms with E-state index in [2.05, 4.69) is 34.4 Å². The number of nitrogens with zero attached hydrogens (tertiary/aromatic N) is 3. The van der Waals surface area contributed by atoms with Gasteiger partial charge in [-0.2, -0.15) is 0 Å². The van der Waals surface area contributed by atoms with Crippen molar-refractivity contribution in [2.75, 3.05) is 31.5 Å². The molecule has 4 aliphatic heterocycles. The second kappa shape index (κ2) is 19.2. The maximum Gasteiger partial charge on any atom is 0.315 e. The summed E-state index contributed by atoms with van der Waals surface area (Å²) in [5.74, 6) is -5.98. The Morgan fingerprint density at radius 3 is 2.46 bits per heavy atom. The molecule has 0 aliphatic carbocycles. The summed E-state index contributed by atoms with van der Waals surface area (Å²) in [6.45, 7) is 17.0. The molecule has 16 nitrogen and oxygen atoms in total. The van der Waals surface area contributed by atoms with Crippen LogP contribution in [0.4, 0.5) is 5.69 Å². The second-order valence-corrected chi connectivity index (χ2v) is 18.1. The fourth-order valence-electron chi connectivity index (χ4n) is 8.64. The van der Waals surface area contributed by atoms with Crippen molar-refractivity contribution in [1.82, 2.24) is 10.2 Å². The van der Waals surface area contributed by atoms with Crippen LogP contribution in [0.15, 0.2) is 46.1 Å². The summed E-state index contributed by atoms with van der Waals surface area (Å²) in [5.41, 5.74) is -0.116. The van der Waals surface area contributed by atoms with Gasteiger partial charge >= 0.3 is 11.8 Å². The van der Waals surface area contributed by atoms with Gasteiger partial charge in [-0.05, 0) is 45.1 Å². The summed E-state index contributed by atoms with van der Waals surface area (Å²) in [5, 5.41) is 52.6. The molecule has 63 heavy (non-hydrogen) atoms. The topological polar surface area (TPSA) is 229 Å². The first kappa shape index (κ1) is 47.2. The third kappa shape index (κ3) is 9.92. The average molecular weight is 874 g/mol. The van der Waals surface area contributed by atoms with Crippen molar-refractivity contribution in [1.29, 1.82) is 0 Å². The van der Waals surface area contributed by atoms with Crippen LogP contribution in [-0.4, -0.2) is 105 Å². The van der Waals surface area contributed by atoms with E-state index in [0.29, 0.717) is 37.4 Å². The van der Waals surface area contributed by atoms with Crippen molar-refractivity contribution in [3.05, 3.63) is 58.0 Å². The molecule has 2 amide bonds. The molecular formula is C47H63N5O11. The number of phenols is 2. The van der Waals surface area contributed by atoms with Crippen molar-refractivity contribution in [2.24, 2.45) is 27.7 Å². The minimum absolute atomic E-state index is 0.0577. The van der Waals surface area contributed by atoms with Crippen molar-refractivity contribution >= 4 is 40.0 Å². The van der Waals surface area contributed by atoms with Crippen LogP contribution >= 0.6 is 0 Å². The molecule has 6 atom stereocenters. The summed E-state index contributed by atoms with van der Waals surface area (Å²) >= 11 is 0. The first-order valence-corrected chi connectivity index (χ1v) is 22.1. The van der Waals surface area contributed by atoms with Crippen LogP contribution in [0.1, 0.15) is 109 Å². The molecule has 6 N–H and O–H groups in total. The molecule has 342 valence electrons. The molecule has 16 heteroatoms. The number of nitrogens with one attached hydrogen (secondary N) is 2. The van der Waals surface area contributed by atoms with Gasteiger partial charge < -0.3 is 50.2 Å². The number of aliphatic hydroxyl groups excluding tert-OH is 2. The number of esters is 1. The molecule has 4 aliphatic rings. The third-order valence-corrected chi connectivity index (χ3v) is 12.5. The number of phenolic OH excluding ortho intramolecular Hbond substituents is 2. The number of hydrogen-bond donors (Lipinski definition) is 6. The maximum atomic E-state index is 14.6. The SMILES string of the molecule is CCCNC(=O)CC(=O)O[C@@H]1CC/C=C/O[C@@]2(C)Oc3c(C)c(O)c4c(O)c(c5c(c4c3C2=O)NC2(CCN(CC(C)C)CC2)N=5)=NC(=O)/C(C)=C\C=C\C(C)[C@H](O)CC(O)[C@H]1C. The smallest absolute Gasteiger partial charge is 0.315 e. The largest absolute Gasteiger partial charge is 0.507 e. The minimum atomic E-state index is -1.92. The predicted molar refractivity (Wildman–Crippen MR) is 235 cm³/mol. The van der Waals surface area contributed by atoms with Crippen LogP contribution in [-0.2, 0) is 23.9 Å². The zero-order chi connectivity index (χ0) is 46.0. The number of carbonyl (C=O) groups is 4. The molecule has 1 fully saturated rings. The number of aromatic hydroxyl groups is 2. The zero-order valence-corrected chi connectivity index (χ0v) is 37.6. The van der Waals surface area contributed by atoms with E-state index in [9.17, 15) is 39.6 Å². The zero-order valence-electron chi connectivity index (χ0n) is 37.6. The number of ether oxygens (including phenoxy) is 3. The van der Waals surface area contributed by atoms with Crippen LogP contribution in [0, 0.1) is 24.7 Å². The highest BCUT2D eigenvalue weighted by molar-refractivity contribution is 6.21. The summed E-state index contributed by atoms with van der Waals surface area (Å²) in [6, 6.07) is 0. The van der Waals surface area contributed by atoms with Gasteiger partial charge in [-0.25, -0.2) is 4.99 Å². The van der Waals surface area contributed by atoms with E-state index in [1.165, 1.54) is 19.3 Å². The monoisotopic (exact) mass is 873 g/mol. The number of ketones is 1. The van der Waals surface area contributed by atoms with Crippen LogP contribution in [0.5, 0.6) is 17.2 Å². The molecule has 1 spiro atoms. The lowest BCUT2D eigenvalue weighted by Crippen LogP contribution is -2.47. The van der Waals surface area contributed by atoms with Gasteiger partial charge in [0.25, 0.3) is 11.7 Å². The van der Waals surface area contributed by atoms with Crippen molar-refractivity contribution < 1.29 is 53.8 Å². The number of hydrogen-bond acceptors (Lipinski definition) is 14. The van der Waals surface area contributed by atoms with E-state index in [-0.39, 0.29) is 68.9 Å². The van der Waals surface area contributed by atoms with Crippen molar-refractivity contribution in [2.45, 2.75) is 130 Å². The predicted octanol–water partition coefficient (Wildman–Crippen LogP) is 4.53. The van der Waals surface area contributed by atoms with E-state index in [4.69, 9.17) is 19.2 Å². The van der Waals surface area contributed by atoms with Crippen molar-refractivity contribution in [3.63, 3.8) is 0 Å². The Labute approximate surface area is 367 Å². The molecule has 0 aromatic heterocycles. The molecule has 2 unspecified atom stereocenters. The molecule has 1 saturated heterocycles. The Balaban J connectivity index is 1.44. The summed E-state index contributed by atoms with van der Waals surface area (Å²) in [7, 11) is 0. The van der Waals surface area contributed by atoms with E-state index in [0.717, 1.165) is 19.6 Å². The Bertz CT molecular complexity index is 2350. The third-order valence-electron chi connectivity index (χ3n) is 12.5. The van der Waals surface area contributed by atoms with Gasteiger partial charge in [-0.3, -0.25) is 24.2 Å².